The molecule has 1 atom stereocenters. The number of hydrogen-bond donors (Lipinski definition) is 2. The molecule has 0 bridgehead atoms. The van der Waals surface area contributed by atoms with Crippen molar-refractivity contribution in [3.05, 3.63) is 34.9 Å². The molecule has 1 rings (SSSR count). The molecule has 3 nitrogen and oxygen atoms in total. The van der Waals surface area contributed by atoms with Gasteiger partial charge in [-0.3, -0.25) is 4.99 Å². The second-order valence-electron chi connectivity index (χ2n) is 4.76. The van der Waals surface area contributed by atoms with Crippen LogP contribution in [0.5, 0.6) is 0 Å². The van der Waals surface area contributed by atoms with Crippen molar-refractivity contribution < 1.29 is 0 Å². The molecule has 0 saturated heterocycles. The molecule has 0 heterocycles. The molecule has 0 spiro atoms. The van der Waals surface area contributed by atoms with Gasteiger partial charge in [-0.1, -0.05) is 36.6 Å². The Hall–Kier alpha value is -0.320. The van der Waals surface area contributed by atoms with E-state index in [4.69, 9.17) is 23.1 Å². The molecular weight excluding hydrogens is 329 g/mol. The molecule has 0 aliphatic carbocycles. The molecule has 0 saturated carbocycles. The fourth-order valence-corrected chi connectivity index (χ4v) is 2.11. The molecular formula is C15H26Cl3N3. The minimum atomic E-state index is -0.0393. The fourth-order valence-electron chi connectivity index (χ4n) is 1.90. The number of aliphatic imine (C=N–C) groups is 1. The van der Waals surface area contributed by atoms with E-state index in [0.717, 1.165) is 42.9 Å². The van der Waals surface area contributed by atoms with Crippen LogP contribution in [-0.4, -0.2) is 25.3 Å². The summed E-state index contributed by atoms with van der Waals surface area (Å²) in [4.78, 5) is 4.37. The maximum atomic E-state index is 6.01. The van der Waals surface area contributed by atoms with Gasteiger partial charge in [0.05, 0.1) is 0 Å². The minimum Gasteiger partial charge on any atom is -0.330 e. The highest BCUT2D eigenvalue weighted by Crippen LogP contribution is 2.11. The molecule has 0 amide bonds. The fraction of sp³-hybridized carbons (Fsp3) is 0.533. The van der Waals surface area contributed by atoms with Crippen LogP contribution < -0.4 is 11.5 Å². The van der Waals surface area contributed by atoms with E-state index in [1.165, 1.54) is 12.8 Å². The zero-order chi connectivity index (χ0) is 13.9. The Morgan fingerprint density at radius 1 is 1.14 bits per heavy atom. The topological polar surface area (TPSA) is 64.4 Å². The van der Waals surface area contributed by atoms with Crippen LogP contribution in [0.15, 0.2) is 29.3 Å². The lowest BCUT2D eigenvalue weighted by Gasteiger charge is -2.06. The summed E-state index contributed by atoms with van der Waals surface area (Å²) in [7, 11) is 0. The van der Waals surface area contributed by atoms with Crippen LogP contribution in [0.4, 0.5) is 0 Å². The summed E-state index contributed by atoms with van der Waals surface area (Å²) in [6, 6.07) is 7.75. The lowest BCUT2D eigenvalue weighted by Crippen LogP contribution is -2.24. The summed E-state index contributed by atoms with van der Waals surface area (Å²) in [6.45, 7) is 1.64. The number of unbranched alkanes of at least 4 members (excludes halogenated alkanes) is 3. The molecule has 1 aromatic carbocycles. The summed E-state index contributed by atoms with van der Waals surface area (Å²) in [5.74, 6) is 0. The highest BCUT2D eigenvalue weighted by Gasteiger charge is 2.01. The molecule has 1 unspecified atom stereocenters. The molecule has 0 aliphatic rings. The van der Waals surface area contributed by atoms with Crippen LogP contribution in [0.3, 0.4) is 0 Å². The minimum absolute atomic E-state index is 0. The van der Waals surface area contributed by atoms with Crippen LogP contribution in [0.25, 0.3) is 0 Å². The predicted molar refractivity (Wildman–Crippen MR) is 98.5 cm³/mol. The number of nitrogens with zero attached hydrogens (tertiary/aromatic N) is 1. The van der Waals surface area contributed by atoms with Crippen LogP contribution in [0, 0.1) is 0 Å². The molecule has 0 fully saturated rings. The van der Waals surface area contributed by atoms with Crippen molar-refractivity contribution in [1.82, 2.24) is 0 Å². The standard InChI is InChI=1S/C15H24ClN3.2ClH/c16-14-7-5-6-13(10-14)11-15(18)12-19-9-4-2-1-3-8-17;;/h5-7,10,12,15H,1-4,8-9,11,17-18H2;2*1H. The van der Waals surface area contributed by atoms with Gasteiger partial charge in [0.2, 0.25) is 0 Å². The first-order valence-electron chi connectivity index (χ1n) is 6.92. The molecule has 0 aromatic heterocycles. The summed E-state index contributed by atoms with van der Waals surface area (Å²) in [6.07, 6.45) is 7.23. The van der Waals surface area contributed by atoms with Gasteiger partial charge < -0.3 is 11.5 Å². The smallest absolute Gasteiger partial charge is 0.0435 e. The number of halogens is 3. The summed E-state index contributed by atoms with van der Waals surface area (Å²) >= 11 is 5.93. The highest BCUT2D eigenvalue weighted by molar-refractivity contribution is 6.30. The van der Waals surface area contributed by atoms with E-state index in [2.05, 4.69) is 4.99 Å². The van der Waals surface area contributed by atoms with E-state index < -0.39 is 0 Å². The number of benzene rings is 1. The first kappa shape index (κ1) is 23.0. The maximum Gasteiger partial charge on any atom is 0.0435 e. The molecule has 21 heavy (non-hydrogen) atoms. The highest BCUT2D eigenvalue weighted by atomic mass is 35.5. The van der Waals surface area contributed by atoms with E-state index >= 15 is 0 Å². The normalized spacial score (nSPS) is 11.8. The van der Waals surface area contributed by atoms with Gasteiger partial charge in [0.25, 0.3) is 0 Å². The van der Waals surface area contributed by atoms with Crippen LogP contribution in [0.2, 0.25) is 5.02 Å². The van der Waals surface area contributed by atoms with Gasteiger partial charge in [-0.2, -0.15) is 0 Å². The summed E-state index contributed by atoms with van der Waals surface area (Å²) in [5.41, 5.74) is 12.6. The SMILES string of the molecule is Cl.Cl.NCCCCCCN=CC(N)Cc1cccc(Cl)c1. The van der Waals surface area contributed by atoms with Gasteiger partial charge in [0.1, 0.15) is 0 Å². The number of hydrogen-bond acceptors (Lipinski definition) is 3. The average molecular weight is 355 g/mol. The Morgan fingerprint density at radius 3 is 2.52 bits per heavy atom. The predicted octanol–water partition coefficient (Wildman–Crippen LogP) is 3.64. The van der Waals surface area contributed by atoms with Crippen LogP contribution >= 0.6 is 36.4 Å². The third kappa shape index (κ3) is 12.0. The van der Waals surface area contributed by atoms with Gasteiger partial charge in [-0.15, -0.1) is 24.8 Å². The van der Waals surface area contributed by atoms with E-state index in [-0.39, 0.29) is 30.9 Å². The first-order valence-corrected chi connectivity index (χ1v) is 7.30. The van der Waals surface area contributed by atoms with Crippen LogP contribution in [-0.2, 0) is 6.42 Å². The summed E-state index contributed by atoms with van der Waals surface area (Å²) < 4.78 is 0. The largest absolute Gasteiger partial charge is 0.330 e. The van der Waals surface area contributed by atoms with Crippen molar-refractivity contribution in [2.24, 2.45) is 16.5 Å². The van der Waals surface area contributed by atoms with E-state index in [9.17, 15) is 0 Å². The van der Waals surface area contributed by atoms with Gasteiger partial charge in [-0.05, 0) is 43.5 Å². The van der Waals surface area contributed by atoms with Gasteiger partial charge in [0.15, 0.2) is 0 Å². The summed E-state index contributed by atoms with van der Waals surface area (Å²) in [5, 5.41) is 0.751. The van der Waals surface area contributed by atoms with Gasteiger partial charge in [0, 0.05) is 23.8 Å². The van der Waals surface area contributed by atoms with Crippen molar-refractivity contribution in [2.45, 2.75) is 38.1 Å². The second kappa shape index (κ2) is 14.6. The average Bonchev–Trinajstić information content (AvgIpc) is 2.37. The van der Waals surface area contributed by atoms with E-state index in [1.54, 1.807) is 0 Å². The molecule has 6 heteroatoms. The monoisotopic (exact) mass is 353 g/mol. The Morgan fingerprint density at radius 2 is 1.86 bits per heavy atom. The second-order valence-corrected chi connectivity index (χ2v) is 5.19. The van der Waals surface area contributed by atoms with E-state index in [0.29, 0.717) is 0 Å². The molecule has 122 valence electrons. The van der Waals surface area contributed by atoms with Crippen molar-refractivity contribution in [2.75, 3.05) is 13.1 Å². The quantitative estimate of drug-likeness (QED) is 0.525. The lowest BCUT2D eigenvalue weighted by atomic mass is 10.1. The van der Waals surface area contributed by atoms with Crippen molar-refractivity contribution in [3.8, 4) is 0 Å². The lowest BCUT2D eigenvalue weighted by molar-refractivity contribution is 0.653. The molecule has 0 aliphatic heterocycles. The zero-order valence-corrected chi connectivity index (χ0v) is 14.6. The Labute approximate surface area is 145 Å². The molecule has 0 radical (unpaired) electrons. The number of rotatable bonds is 9. The first-order chi connectivity index (χ1) is 9.22. The Balaban J connectivity index is 0. The maximum absolute atomic E-state index is 6.01. The number of nitrogens with two attached hydrogens (primary N) is 2. The van der Waals surface area contributed by atoms with Gasteiger partial charge in [-0.25, -0.2) is 0 Å². The van der Waals surface area contributed by atoms with Crippen molar-refractivity contribution in [1.29, 1.82) is 0 Å². The Bertz CT molecular complexity index is 386. The van der Waals surface area contributed by atoms with Crippen molar-refractivity contribution >= 4 is 42.6 Å². The van der Waals surface area contributed by atoms with Crippen molar-refractivity contribution in [3.63, 3.8) is 0 Å². The molecule has 1 aromatic rings. The van der Waals surface area contributed by atoms with E-state index in [1.807, 2.05) is 30.5 Å². The van der Waals surface area contributed by atoms with Crippen LogP contribution in [0.1, 0.15) is 31.2 Å². The third-order valence-electron chi connectivity index (χ3n) is 2.90. The molecule has 4 N–H and O–H groups in total. The van der Waals surface area contributed by atoms with Gasteiger partial charge >= 0.3 is 0 Å². The Kier molecular flexibility index (Phi) is 16.0. The zero-order valence-electron chi connectivity index (χ0n) is 12.2. The third-order valence-corrected chi connectivity index (χ3v) is 3.13.